The molecule has 0 aliphatic carbocycles. The topological polar surface area (TPSA) is 94.2 Å². The first-order valence-corrected chi connectivity index (χ1v) is 13.7. The van der Waals surface area contributed by atoms with E-state index in [0.717, 1.165) is 65.1 Å². The van der Waals surface area contributed by atoms with Gasteiger partial charge in [0.2, 0.25) is 17.7 Å². The van der Waals surface area contributed by atoms with Gasteiger partial charge in [0.25, 0.3) is 0 Å². The summed E-state index contributed by atoms with van der Waals surface area (Å²) in [6, 6.07) is -0.496. The van der Waals surface area contributed by atoms with Gasteiger partial charge in [-0.2, -0.15) is 0 Å². The van der Waals surface area contributed by atoms with Crippen molar-refractivity contribution in [2.45, 2.75) is 78.4 Å². The van der Waals surface area contributed by atoms with E-state index in [4.69, 9.17) is 4.74 Å². The largest absolute Gasteiger partial charge is 0.379 e. The predicted molar refractivity (Wildman–Crippen MR) is 143 cm³/mol. The van der Waals surface area contributed by atoms with Gasteiger partial charge in [-0.1, -0.05) is 26.3 Å². The zero-order valence-electron chi connectivity index (χ0n) is 23.3. The van der Waals surface area contributed by atoms with Crippen molar-refractivity contribution in [3.05, 3.63) is 11.6 Å². The standard InChI is InChI=1S/C27H49N5O4/c1-20(2)24(29-26(34)23-10-7-8-14-32(23)21(3)4)27(35)30(6)15-11-22(5)25(33)28-12-9-13-31-16-18-36-19-17-31/h11,20-21,23-24H,7-10,12-19H2,1-6H3,(H,28,33)(H,29,34)/b22-11+. The fraction of sp³-hybridized carbons (Fsp3) is 0.815. The number of amides is 3. The third kappa shape index (κ3) is 9.48. The van der Waals surface area contributed by atoms with E-state index in [0.29, 0.717) is 18.7 Å². The van der Waals surface area contributed by atoms with Gasteiger partial charge in [-0.3, -0.25) is 24.2 Å². The summed E-state index contributed by atoms with van der Waals surface area (Å²) >= 11 is 0. The second-order valence-corrected chi connectivity index (χ2v) is 10.7. The first kappa shape index (κ1) is 30.3. The van der Waals surface area contributed by atoms with Crippen LogP contribution < -0.4 is 10.6 Å². The van der Waals surface area contributed by atoms with E-state index < -0.39 is 6.04 Å². The lowest BCUT2D eigenvalue weighted by molar-refractivity contribution is -0.138. The number of ether oxygens (including phenoxy) is 1. The number of carbonyl (C=O) groups is 3. The quantitative estimate of drug-likeness (QED) is 0.308. The molecule has 0 radical (unpaired) electrons. The summed E-state index contributed by atoms with van der Waals surface area (Å²) in [5, 5.41) is 6.00. The first-order valence-electron chi connectivity index (χ1n) is 13.7. The van der Waals surface area contributed by atoms with Gasteiger partial charge in [0, 0.05) is 44.8 Å². The number of carbonyl (C=O) groups excluding carboxylic acids is 3. The minimum atomic E-state index is -0.596. The van der Waals surface area contributed by atoms with Crippen LogP contribution in [-0.2, 0) is 19.1 Å². The molecule has 0 bridgehead atoms. The Morgan fingerprint density at radius 1 is 1.08 bits per heavy atom. The average Bonchev–Trinajstić information content (AvgIpc) is 2.87. The third-order valence-corrected chi connectivity index (χ3v) is 7.19. The van der Waals surface area contributed by atoms with Gasteiger partial charge < -0.3 is 20.3 Å². The highest BCUT2D eigenvalue weighted by atomic mass is 16.5. The zero-order chi connectivity index (χ0) is 26.7. The zero-order valence-corrected chi connectivity index (χ0v) is 23.3. The summed E-state index contributed by atoms with van der Waals surface area (Å²) < 4.78 is 5.36. The van der Waals surface area contributed by atoms with Crippen molar-refractivity contribution in [3.8, 4) is 0 Å². The smallest absolute Gasteiger partial charge is 0.246 e. The van der Waals surface area contributed by atoms with Crippen LogP contribution in [0.25, 0.3) is 0 Å². The normalized spacial score (nSPS) is 20.9. The summed E-state index contributed by atoms with van der Waals surface area (Å²) in [6.45, 7) is 16.1. The van der Waals surface area contributed by atoms with Crippen molar-refractivity contribution in [2.75, 3.05) is 59.5 Å². The lowest BCUT2D eigenvalue weighted by Gasteiger charge is -2.38. The fourth-order valence-corrected chi connectivity index (χ4v) is 4.78. The molecule has 2 aliphatic heterocycles. The van der Waals surface area contributed by atoms with Gasteiger partial charge >= 0.3 is 0 Å². The SMILES string of the molecule is C/C(=C\CN(C)C(=O)C(NC(=O)C1CCCCN1C(C)C)C(C)C)C(=O)NCCCN1CCOCC1. The van der Waals surface area contributed by atoms with Gasteiger partial charge in [-0.15, -0.1) is 0 Å². The minimum absolute atomic E-state index is 0.0418. The van der Waals surface area contributed by atoms with E-state index in [1.807, 2.05) is 13.8 Å². The van der Waals surface area contributed by atoms with Gasteiger partial charge in [0.15, 0.2) is 0 Å². The molecular weight excluding hydrogens is 458 g/mol. The van der Waals surface area contributed by atoms with Crippen LogP contribution in [-0.4, -0.2) is 110 Å². The van der Waals surface area contributed by atoms with Crippen molar-refractivity contribution < 1.29 is 19.1 Å². The van der Waals surface area contributed by atoms with Gasteiger partial charge in [-0.05, 0) is 59.0 Å². The summed E-state index contributed by atoms with van der Waals surface area (Å²) in [5.41, 5.74) is 0.584. The Kier molecular flexibility index (Phi) is 12.9. The monoisotopic (exact) mass is 507 g/mol. The molecule has 2 saturated heterocycles. The van der Waals surface area contributed by atoms with E-state index >= 15 is 0 Å². The molecule has 0 saturated carbocycles. The molecule has 206 valence electrons. The third-order valence-electron chi connectivity index (χ3n) is 7.19. The Balaban J connectivity index is 1.83. The number of nitrogens with zero attached hydrogens (tertiary/aromatic N) is 3. The summed E-state index contributed by atoms with van der Waals surface area (Å²) in [4.78, 5) is 45.0. The van der Waals surface area contributed by atoms with Crippen molar-refractivity contribution in [3.63, 3.8) is 0 Å². The second kappa shape index (κ2) is 15.3. The molecule has 3 amide bonds. The van der Waals surface area contributed by atoms with Crippen LogP contribution >= 0.6 is 0 Å². The molecule has 2 unspecified atom stereocenters. The molecule has 2 aliphatic rings. The number of morpholine rings is 1. The Bertz CT molecular complexity index is 748. The van der Waals surface area contributed by atoms with Crippen molar-refractivity contribution in [2.24, 2.45) is 5.92 Å². The summed E-state index contributed by atoms with van der Waals surface area (Å²) in [6.07, 6.45) is 5.62. The molecule has 2 atom stereocenters. The molecule has 36 heavy (non-hydrogen) atoms. The molecule has 2 heterocycles. The first-order chi connectivity index (χ1) is 17.1. The minimum Gasteiger partial charge on any atom is -0.379 e. The van der Waals surface area contributed by atoms with E-state index in [9.17, 15) is 14.4 Å². The van der Waals surface area contributed by atoms with E-state index in [2.05, 4.69) is 34.3 Å². The molecule has 2 fully saturated rings. The molecule has 2 rings (SSSR count). The maximum Gasteiger partial charge on any atom is 0.246 e. The molecule has 0 aromatic heterocycles. The Morgan fingerprint density at radius 2 is 1.78 bits per heavy atom. The molecular formula is C27H49N5O4. The van der Waals surface area contributed by atoms with E-state index in [-0.39, 0.29) is 35.7 Å². The Labute approximate surface area is 218 Å². The van der Waals surface area contributed by atoms with Gasteiger partial charge in [0.1, 0.15) is 6.04 Å². The van der Waals surface area contributed by atoms with Crippen LogP contribution in [0.4, 0.5) is 0 Å². The van der Waals surface area contributed by atoms with E-state index in [1.165, 1.54) is 0 Å². The van der Waals surface area contributed by atoms with Crippen molar-refractivity contribution in [1.29, 1.82) is 0 Å². The molecule has 9 nitrogen and oxygen atoms in total. The number of nitrogens with one attached hydrogen (secondary N) is 2. The lowest BCUT2D eigenvalue weighted by atomic mass is 9.97. The van der Waals surface area contributed by atoms with Crippen LogP contribution in [0.15, 0.2) is 11.6 Å². The Morgan fingerprint density at radius 3 is 2.42 bits per heavy atom. The van der Waals surface area contributed by atoms with Crippen LogP contribution in [0.2, 0.25) is 0 Å². The van der Waals surface area contributed by atoms with Crippen LogP contribution in [0.5, 0.6) is 0 Å². The highest BCUT2D eigenvalue weighted by Crippen LogP contribution is 2.20. The number of likely N-dealkylation sites (tertiary alicyclic amines) is 1. The van der Waals surface area contributed by atoms with E-state index in [1.54, 1.807) is 24.9 Å². The second-order valence-electron chi connectivity index (χ2n) is 10.7. The maximum atomic E-state index is 13.2. The van der Waals surface area contributed by atoms with Gasteiger partial charge in [-0.25, -0.2) is 0 Å². The van der Waals surface area contributed by atoms with Crippen LogP contribution in [0.1, 0.15) is 60.3 Å². The number of piperidine rings is 1. The van der Waals surface area contributed by atoms with Crippen molar-refractivity contribution in [1.82, 2.24) is 25.3 Å². The number of likely N-dealkylation sites (N-methyl/N-ethyl adjacent to an activating group) is 1. The van der Waals surface area contributed by atoms with Crippen LogP contribution in [0, 0.1) is 5.92 Å². The van der Waals surface area contributed by atoms with Crippen LogP contribution in [0.3, 0.4) is 0 Å². The predicted octanol–water partition coefficient (Wildman–Crippen LogP) is 1.63. The summed E-state index contributed by atoms with van der Waals surface area (Å²) in [7, 11) is 1.72. The summed E-state index contributed by atoms with van der Waals surface area (Å²) in [5.74, 6) is -0.357. The highest BCUT2D eigenvalue weighted by Gasteiger charge is 2.34. The Hall–Kier alpha value is -1.97. The number of hydrogen-bond acceptors (Lipinski definition) is 6. The maximum absolute atomic E-state index is 13.2. The highest BCUT2D eigenvalue weighted by molar-refractivity contribution is 5.93. The molecule has 0 aromatic rings. The average molecular weight is 508 g/mol. The van der Waals surface area contributed by atoms with Crippen molar-refractivity contribution >= 4 is 17.7 Å². The number of hydrogen-bond donors (Lipinski definition) is 2. The molecule has 0 aromatic carbocycles. The fourth-order valence-electron chi connectivity index (χ4n) is 4.78. The number of rotatable bonds is 12. The lowest BCUT2D eigenvalue weighted by Crippen LogP contribution is -2.57. The molecule has 9 heteroatoms. The molecule has 2 N–H and O–H groups in total. The molecule has 0 spiro atoms. The van der Waals surface area contributed by atoms with Gasteiger partial charge in [0.05, 0.1) is 19.3 Å².